The number of hydrogen-bond acceptors (Lipinski definition) is 1. The minimum absolute atomic E-state index is 0.0416. The molecule has 0 heterocycles. The van der Waals surface area contributed by atoms with Crippen LogP contribution in [-0.2, 0) is 6.42 Å². The van der Waals surface area contributed by atoms with E-state index in [0.717, 1.165) is 12.3 Å². The lowest BCUT2D eigenvalue weighted by Crippen LogP contribution is -2.47. The van der Waals surface area contributed by atoms with Crippen LogP contribution in [0.25, 0.3) is 0 Å². The van der Waals surface area contributed by atoms with Crippen LogP contribution in [0.15, 0.2) is 30.3 Å². The van der Waals surface area contributed by atoms with Gasteiger partial charge >= 0.3 is 0 Å². The third kappa shape index (κ3) is 3.35. The van der Waals surface area contributed by atoms with Crippen LogP contribution < -0.4 is 5.73 Å². The van der Waals surface area contributed by atoms with E-state index in [0.29, 0.717) is 5.92 Å². The highest BCUT2D eigenvalue weighted by Gasteiger charge is 2.33. The molecule has 1 fully saturated rings. The quantitative estimate of drug-likeness (QED) is 0.846. The second-order valence-electron chi connectivity index (χ2n) is 6.29. The Morgan fingerprint density at radius 1 is 1.11 bits per heavy atom. The standard InChI is InChI=1S/C17H27N/c1-3-14-9-11-16(12-10-14)17(2,18)13-15-7-5-4-6-8-15/h4-8,14,16H,3,9-13,18H2,1-2H3. The van der Waals surface area contributed by atoms with E-state index in [1.165, 1.54) is 37.7 Å². The van der Waals surface area contributed by atoms with E-state index in [2.05, 4.69) is 44.2 Å². The van der Waals surface area contributed by atoms with Crippen molar-refractivity contribution in [1.29, 1.82) is 0 Å². The van der Waals surface area contributed by atoms with E-state index in [-0.39, 0.29) is 5.54 Å². The first-order valence-corrected chi connectivity index (χ1v) is 7.44. The van der Waals surface area contributed by atoms with Gasteiger partial charge in [0.25, 0.3) is 0 Å². The predicted octanol–water partition coefficient (Wildman–Crippen LogP) is 4.16. The number of hydrogen-bond donors (Lipinski definition) is 1. The molecule has 0 aromatic heterocycles. The summed E-state index contributed by atoms with van der Waals surface area (Å²) < 4.78 is 0. The van der Waals surface area contributed by atoms with Gasteiger partial charge in [-0.05, 0) is 43.6 Å². The topological polar surface area (TPSA) is 26.0 Å². The predicted molar refractivity (Wildman–Crippen MR) is 78.5 cm³/mol. The monoisotopic (exact) mass is 245 g/mol. The molecule has 1 aliphatic rings. The van der Waals surface area contributed by atoms with Crippen LogP contribution in [0.3, 0.4) is 0 Å². The van der Waals surface area contributed by atoms with Crippen molar-refractivity contribution >= 4 is 0 Å². The van der Waals surface area contributed by atoms with Crippen LogP contribution in [0, 0.1) is 11.8 Å². The fraction of sp³-hybridized carbons (Fsp3) is 0.647. The highest BCUT2D eigenvalue weighted by molar-refractivity contribution is 5.18. The van der Waals surface area contributed by atoms with Crippen molar-refractivity contribution in [1.82, 2.24) is 0 Å². The van der Waals surface area contributed by atoms with Gasteiger partial charge < -0.3 is 5.73 Å². The zero-order valence-electron chi connectivity index (χ0n) is 11.9. The third-order valence-electron chi connectivity index (χ3n) is 4.78. The van der Waals surface area contributed by atoms with Crippen LogP contribution in [0.2, 0.25) is 0 Å². The van der Waals surface area contributed by atoms with Crippen LogP contribution in [-0.4, -0.2) is 5.54 Å². The highest BCUT2D eigenvalue weighted by atomic mass is 14.7. The summed E-state index contributed by atoms with van der Waals surface area (Å²) in [5.41, 5.74) is 7.94. The van der Waals surface area contributed by atoms with Crippen LogP contribution in [0.4, 0.5) is 0 Å². The summed E-state index contributed by atoms with van der Waals surface area (Å²) in [4.78, 5) is 0. The summed E-state index contributed by atoms with van der Waals surface area (Å²) in [6.45, 7) is 4.56. The Bertz CT molecular complexity index is 347. The summed E-state index contributed by atoms with van der Waals surface area (Å²) in [5, 5.41) is 0. The number of benzene rings is 1. The Morgan fingerprint density at radius 2 is 1.72 bits per heavy atom. The maximum atomic E-state index is 6.61. The van der Waals surface area contributed by atoms with Gasteiger partial charge in [-0.1, -0.05) is 56.5 Å². The first-order valence-electron chi connectivity index (χ1n) is 7.44. The Morgan fingerprint density at radius 3 is 2.28 bits per heavy atom. The molecule has 1 aromatic carbocycles. The van der Waals surface area contributed by atoms with Gasteiger partial charge in [-0.25, -0.2) is 0 Å². The fourth-order valence-corrected chi connectivity index (χ4v) is 3.41. The largest absolute Gasteiger partial charge is 0.325 e. The van der Waals surface area contributed by atoms with Crippen molar-refractivity contribution in [3.63, 3.8) is 0 Å². The summed E-state index contributed by atoms with van der Waals surface area (Å²) in [5.74, 6) is 1.65. The number of rotatable bonds is 4. The molecule has 1 nitrogen and oxygen atoms in total. The first kappa shape index (κ1) is 13.6. The second-order valence-corrected chi connectivity index (χ2v) is 6.29. The van der Waals surface area contributed by atoms with Gasteiger partial charge in [-0.3, -0.25) is 0 Å². The van der Waals surface area contributed by atoms with Gasteiger partial charge in [0.05, 0.1) is 0 Å². The molecule has 18 heavy (non-hydrogen) atoms. The molecule has 0 radical (unpaired) electrons. The first-order chi connectivity index (χ1) is 8.62. The molecule has 0 bridgehead atoms. The van der Waals surface area contributed by atoms with Crippen LogP contribution >= 0.6 is 0 Å². The van der Waals surface area contributed by atoms with Gasteiger partial charge in [-0.2, -0.15) is 0 Å². The highest BCUT2D eigenvalue weighted by Crippen LogP contribution is 2.36. The average Bonchev–Trinajstić information content (AvgIpc) is 2.39. The van der Waals surface area contributed by atoms with Crippen LogP contribution in [0.1, 0.15) is 51.5 Å². The third-order valence-corrected chi connectivity index (χ3v) is 4.78. The zero-order chi connectivity index (χ0) is 13.0. The van der Waals surface area contributed by atoms with E-state index >= 15 is 0 Å². The fourth-order valence-electron chi connectivity index (χ4n) is 3.41. The van der Waals surface area contributed by atoms with E-state index in [9.17, 15) is 0 Å². The molecular formula is C17H27N. The van der Waals surface area contributed by atoms with Gasteiger partial charge in [-0.15, -0.1) is 0 Å². The lowest BCUT2D eigenvalue weighted by Gasteiger charge is -2.39. The molecule has 2 rings (SSSR count). The second kappa shape index (κ2) is 5.88. The van der Waals surface area contributed by atoms with E-state index in [4.69, 9.17) is 5.73 Å². The van der Waals surface area contributed by atoms with Gasteiger partial charge in [0, 0.05) is 5.54 Å². The van der Waals surface area contributed by atoms with E-state index < -0.39 is 0 Å². The molecule has 1 saturated carbocycles. The molecule has 0 amide bonds. The molecule has 1 aromatic rings. The van der Waals surface area contributed by atoms with Gasteiger partial charge in [0.15, 0.2) is 0 Å². The normalized spacial score (nSPS) is 27.7. The summed E-state index contributed by atoms with van der Waals surface area (Å²) in [6, 6.07) is 10.7. The Balaban J connectivity index is 1.95. The Kier molecular flexibility index (Phi) is 4.45. The number of nitrogens with two attached hydrogens (primary N) is 1. The molecule has 2 N–H and O–H groups in total. The Hall–Kier alpha value is -0.820. The lowest BCUT2D eigenvalue weighted by atomic mass is 9.70. The molecule has 1 unspecified atom stereocenters. The van der Waals surface area contributed by atoms with E-state index in [1.807, 2.05) is 0 Å². The van der Waals surface area contributed by atoms with Crippen molar-refractivity contribution in [2.24, 2.45) is 17.6 Å². The maximum Gasteiger partial charge on any atom is 0.0195 e. The zero-order valence-corrected chi connectivity index (χ0v) is 11.9. The smallest absolute Gasteiger partial charge is 0.0195 e. The SMILES string of the molecule is CCC1CCC(C(C)(N)Cc2ccccc2)CC1. The minimum Gasteiger partial charge on any atom is -0.325 e. The molecule has 100 valence electrons. The molecule has 1 heteroatoms. The van der Waals surface area contributed by atoms with Crippen molar-refractivity contribution < 1.29 is 0 Å². The van der Waals surface area contributed by atoms with Crippen molar-refractivity contribution in [2.75, 3.05) is 0 Å². The molecule has 0 saturated heterocycles. The molecule has 1 atom stereocenters. The molecule has 0 spiro atoms. The molecule has 1 aliphatic carbocycles. The summed E-state index contributed by atoms with van der Waals surface area (Å²) >= 11 is 0. The van der Waals surface area contributed by atoms with Crippen molar-refractivity contribution in [3.8, 4) is 0 Å². The van der Waals surface area contributed by atoms with Gasteiger partial charge in [0.2, 0.25) is 0 Å². The minimum atomic E-state index is -0.0416. The lowest BCUT2D eigenvalue weighted by molar-refractivity contribution is 0.182. The molecule has 0 aliphatic heterocycles. The van der Waals surface area contributed by atoms with Crippen LogP contribution in [0.5, 0.6) is 0 Å². The van der Waals surface area contributed by atoms with Gasteiger partial charge in [0.1, 0.15) is 0 Å². The van der Waals surface area contributed by atoms with Crippen molar-refractivity contribution in [3.05, 3.63) is 35.9 Å². The molecular weight excluding hydrogens is 218 g/mol. The van der Waals surface area contributed by atoms with Crippen molar-refractivity contribution in [2.45, 2.75) is 57.9 Å². The average molecular weight is 245 g/mol. The summed E-state index contributed by atoms with van der Waals surface area (Å²) in [7, 11) is 0. The Labute approximate surface area is 112 Å². The maximum absolute atomic E-state index is 6.61. The summed E-state index contributed by atoms with van der Waals surface area (Å²) in [6.07, 6.45) is 7.74. The van der Waals surface area contributed by atoms with E-state index in [1.54, 1.807) is 0 Å².